The molecule has 0 unspecified atom stereocenters. The Bertz CT molecular complexity index is 296. The first-order valence-electron chi connectivity index (χ1n) is 6.00. The minimum Gasteiger partial charge on any atom is -0.382 e. The van der Waals surface area contributed by atoms with E-state index in [0.717, 1.165) is 36.7 Å². The maximum atomic E-state index is 5.49. The second-order valence-corrected chi connectivity index (χ2v) is 5.50. The van der Waals surface area contributed by atoms with Crippen LogP contribution in [-0.2, 0) is 11.2 Å². The third kappa shape index (κ3) is 5.11. The molecule has 0 radical (unpaired) electrons. The number of hydrogen-bond donors (Lipinski definition) is 0. The van der Waals surface area contributed by atoms with Crippen molar-refractivity contribution < 1.29 is 4.74 Å². The van der Waals surface area contributed by atoms with Gasteiger partial charge in [-0.05, 0) is 30.7 Å². The van der Waals surface area contributed by atoms with Crippen LogP contribution in [0.2, 0.25) is 0 Å². The Morgan fingerprint density at radius 3 is 2.29 bits per heavy atom. The number of rotatable bonds is 8. The summed E-state index contributed by atoms with van der Waals surface area (Å²) in [6.45, 7) is 3.67. The Hall–Kier alpha value is 0.140. The number of benzene rings is 1. The van der Waals surface area contributed by atoms with Gasteiger partial charge in [-0.1, -0.05) is 62.2 Å². The molecule has 0 atom stereocenters. The van der Waals surface area contributed by atoms with Crippen LogP contribution in [0.4, 0.5) is 0 Å². The fourth-order valence-corrected chi connectivity index (χ4v) is 3.70. The summed E-state index contributed by atoms with van der Waals surface area (Å²) in [7, 11) is 0. The van der Waals surface area contributed by atoms with E-state index in [4.69, 9.17) is 4.74 Å². The van der Waals surface area contributed by atoms with Gasteiger partial charge in [0, 0.05) is 23.9 Å². The summed E-state index contributed by atoms with van der Waals surface area (Å²) in [5, 5.41) is 1.99. The molecule has 1 aromatic rings. The molecular weight excluding hydrogens is 344 g/mol. The topological polar surface area (TPSA) is 9.23 Å². The highest BCUT2D eigenvalue weighted by molar-refractivity contribution is 9.09. The average molecular weight is 364 g/mol. The molecule has 1 rings (SSSR count). The molecule has 0 aromatic heterocycles. The first-order chi connectivity index (χ1) is 8.26. The zero-order valence-corrected chi connectivity index (χ0v) is 13.5. The summed E-state index contributed by atoms with van der Waals surface area (Å²) in [5.74, 6) is 0. The number of ether oxygens (including phenoxy) is 1. The zero-order valence-electron chi connectivity index (χ0n) is 10.3. The molecule has 0 heterocycles. The van der Waals surface area contributed by atoms with E-state index in [-0.39, 0.29) is 5.41 Å². The van der Waals surface area contributed by atoms with Gasteiger partial charge in [0.25, 0.3) is 0 Å². The maximum absolute atomic E-state index is 5.49. The van der Waals surface area contributed by atoms with Crippen molar-refractivity contribution in [3.63, 3.8) is 0 Å². The van der Waals surface area contributed by atoms with Gasteiger partial charge < -0.3 is 4.74 Å². The normalized spacial score (nSPS) is 11.7. The monoisotopic (exact) mass is 362 g/mol. The molecule has 96 valence electrons. The van der Waals surface area contributed by atoms with Gasteiger partial charge in [-0.3, -0.25) is 0 Å². The van der Waals surface area contributed by atoms with Crippen LogP contribution >= 0.6 is 31.9 Å². The summed E-state index contributed by atoms with van der Waals surface area (Å²) in [6.07, 6.45) is 2.16. The molecule has 0 saturated heterocycles. The molecule has 1 nitrogen and oxygen atoms in total. The van der Waals surface area contributed by atoms with E-state index in [1.807, 2.05) is 6.92 Å². The third-order valence-corrected chi connectivity index (χ3v) is 5.35. The molecule has 0 aliphatic rings. The molecule has 17 heavy (non-hydrogen) atoms. The van der Waals surface area contributed by atoms with Crippen molar-refractivity contribution >= 4 is 31.9 Å². The van der Waals surface area contributed by atoms with Crippen LogP contribution in [0.5, 0.6) is 0 Å². The van der Waals surface area contributed by atoms with Crippen molar-refractivity contribution in [3.05, 3.63) is 35.9 Å². The SMILES string of the molecule is CCOCCC(CBr)(CBr)Cc1ccccc1. The van der Waals surface area contributed by atoms with E-state index in [9.17, 15) is 0 Å². The van der Waals surface area contributed by atoms with Crippen molar-refractivity contribution in [1.82, 2.24) is 0 Å². The van der Waals surface area contributed by atoms with Crippen LogP contribution in [0.3, 0.4) is 0 Å². The van der Waals surface area contributed by atoms with E-state index in [1.165, 1.54) is 5.56 Å². The van der Waals surface area contributed by atoms with Crippen molar-refractivity contribution in [2.24, 2.45) is 5.41 Å². The number of hydrogen-bond acceptors (Lipinski definition) is 1. The Kier molecular flexibility index (Phi) is 7.40. The number of halogens is 2. The molecule has 0 amide bonds. The van der Waals surface area contributed by atoms with Gasteiger partial charge >= 0.3 is 0 Å². The first kappa shape index (κ1) is 15.2. The highest BCUT2D eigenvalue weighted by Crippen LogP contribution is 2.32. The second kappa shape index (κ2) is 8.28. The van der Waals surface area contributed by atoms with Gasteiger partial charge in [0.05, 0.1) is 0 Å². The lowest BCUT2D eigenvalue weighted by molar-refractivity contribution is 0.117. The van der Waals surface area contributed by atoms with Crippen molar-refractivity contribution in [2.45, 2.75) is 19.8 Å². The van der Waals surface area contributed by atoms with Gasteiger partial charge in [-0.15, -0.1) is 0 Å². The smallest absolute Gasteiger partial charge is 0.0471 e. The largest absolute Gasteiger partial charge is 0.382 e. The molecule has 0 saturated carbocycles. The molecule has 1 aromatic carbocycles. The fourth-order valence-electron chi connectivity index (χ4n) is 1.81. The van der Waals surface area contributed by atoms with E-state index in [1.54, 1.807) is 0 Å². The van der Waals surface area contributed by atoms with Gasteiger partial charge in [0.1, 0.15) is 0 Å². The molecule has 0 fully saturated rings. The Labute approximate surface area is 121 Å². The van der Waals surface area contributed by atoms with Crippen LogP contribution in [0, 0.1) is 5.41 Å². The quantitative estimate of drug-likeness (QED) is 0.490. The third-order valence-electron chi connectivity index (χ3n) is 2.97. The minimum absolute atomic E-state index is 0.247. The lowest BCUT2D eigenvalue weighted by atomic mass is 9.83. The summed E-state index contributed by atoms with van der Waals surface area (Å²) >= 11 is 7.31. The van der Waals surface area contributed by atoms with Crippen LogP contribution in [0.1, 0.15) is 18.9 Å². The second-order valence-electron chi connectivity index (χ2n) is 4.38. The molecule has 0 N–H and O–H groups in total. The average Bonchev–Trinajstić information content (AvgIpc) is 2.39. The van der Waals surface area contributed by atoms with Gasteiger partial charge in [-0.25, -0.2) is 0 Å². The Morgan fingerprint density at radius 1 is 1.12 bits per heavy atom. The van der Waals surface area contributed by atoms with E-state index >= 15 is 0 Å². The highest BCUT2D eigenvalue weighted by atomic mass is 79.9. The molecule has 3 heteroatoms. The maximum Gasteiger partial charge on any atom is 0.0471 e. The molecule has 0 aliphatic carbocycles. The highest BCUT2D eigenvalue weighted by Gasteiger charge is 2.27. The summed E-state index contributed by atoms with van der Waals surface area (Å²) in [6, 6.07) is 10.7. The van der Waals surface area contributed by atoms with Crippen LogP contribution in [0.25, 0.3) is 0 Å². The Morgan fingerprint density at radius 2 is 1.76 bits per heavy atom. The molecule has 0 bridgehead atoms. The predicted molar refractivity (Wildman–Crippen MR) is 81.3 cm³/mol. The fraction of sp³-hybridized carbons (Fsp3) is 0.571. The summed E-state index contributed by atoms with van der Waals surface area (Å²) in [5.41, 5.74) is 1.64. The van der Waals surface area contributed by atoms with E-state index in [0.29, 0.717) is 0 Å². The zero-order chi connectivity index (χ0) is 12.6. The summed E-state index contributed by atoms with van der Waals surface area (Å²) in [4.78, 5) is 0. The molecule has 0 aliphatic heterocycles. The molecular formula is C14H20Br2O. The van der Waals surface area contributed by atoms with Crippen molar-refractivity contribution in [2.75, 3.05) is 23.9 Å². The summed E-state index contributed by atoms with van der Waals surface area (Å²) < 4.78 is 5.49. The first-order valence-corrected chi connectivity index (χ1v) is 8.24. The lowest BCUT2D eigenvalue weighted by Crippen LogP contribution is -2.29. The molecule has 0 spiro atoms. The van der Waals surface area contributed by atoms with Crippen LogP contribution < -0.4 is 0 Å². The van der Waals surface area contributed by atoms with Gasteiger partial charge in [0.2, 0.25) is 0 Å². The van der Waals surface area contributed by atoms with Crippen molar-refractivity contribution in [1.29, 1.82) is 0 Å². The lowest BCUT2D eigenvalue weighted by Gasteiger charge is -2.30. The Balaban J connectivity index is 2.63. The van der Waals surface area contributed by atoms with Crippen LogP contribution in [0.15, 0.2) is 30.3 Å². The standard InChI is InChI=1S/C14H20Br2O/c1-2-17-9-8-14(11-15,12-16)10-13-6-4-3-5-7-13/h3-7H,2,8-12H2,1H3. The van der Waals surface area contributed by atoms with E-state index < -0.39 is 0 Å². The van der Waals surface area contributed by atoms with Crippen LogP contribution in [-0.4, -0.2) is 23.9 Å². The van der Waals surface area contributed by atoms with E-state index in [2.05, 4.69) is 62.2 Å². The van der Waals surface area contributed by atoms with Crippen molar-refractivity contribution in [3.8, 4) is 0 Å². The minimum atomic E-state index is 0.247. The number of alkyl halides is 2. The predicted octanol–water partition coefficient (Wildman–Crippen LogP) is 4.43. The van der Waals surface area contributed by atoms with Gasteiger partial charge in [-0.2, -0.15) is 0 Å². The van der Waals surface area contributed by atoms with Gasteiger partial charge in [0.15, 0.2) is 0 Å².